The zero-order valence-electron chi connectivity index (χ0n) is 11.6. The quantitative estimate of drug-likeness (QED) is 0.833. The Hall–Kier alpha value is -1.73. The smallest absolute Gasteiger partial charge is 0.162 e. The van der Waals surface area contributed by atoms with Gasteiger partial charge in [0.1, 0.15) is 0 Å². The summed E-state index contributed by atoms with van der Waals surface area (Å²) in [6.45, 7) is 2.95. The zero-order chi connectivity index (χ0) is 13.7. The predicted octanol–water partition coefficient (Wildman–Crippen LogP) is 2.29. The predicted molar refractivity (Wildman–Crippen MR) is 73.4 cm³/mol. The van der Waals surface area contributed by atoms with E-state index in [0.29, 0.717) is 29.6 Å². The van der Waals surface area contributed by atoms with E-state index in [1.54, 1.807) is 25.3 Å². The molecule has 1 aliphatic heterocycles. The van der Waals surface area contributed by atoms with Crippen molar-refractivity contribution in [3.05, 3.63) is 23.8 Å². The Kier molecular flexibility index (Phi) is 4.64. The van der Waals surface area contributed by atoms with Gasteiger partial charge in [0, 0.05) is 6.07 Å². The fourth-order valence-electron chi connectivity index (χ4n) is 2.30. The van der Waals surface area contributed by atoms with E-state index in [2.05, 4.69) is 18.0 Å². The number of hydrogen-bond donors (Lipinski definition) is 0. The molecular weight excluding hydrogens is 240 g/mol. The summed E-state index contributed by atoms with van der Waals surface area (Å²) in [4.78, 5) is 2.34. The lowest BCUT2D eigenvalue weighted by Crippen LogP contribution is -2.32. The van der Waals surface area contributed by atoms with E-state index < -0.39 is 0 Å². The van der Waals surface area contributed by atoms with Crippen molar-refractivity contribution in [2.24, 2.45) is 5.92 Å². The minimum atomic E-state index is 0.589. The molecule has 0 radical (unpaired) electrons. The highest BCUT2D eigenvalue weighted by Gasteiger charge is 2.18. The Balaban J connectivity index is 1.96. The summed E-state index contributed by atoms with van der Waals surface area (Å²) in [6.07, 6.45) is 2.33. The third-order valence-corrected chi connectivity index (χ3v) is 3.61. The maximum Gasteiger partial charge on any atom is 0.162 e. The summed E-state index contributed by atoms with van der Waals surface area (Å²) in [5, 5.41) is 8.92. The number of rotatable bonds is 4. The summed E-state index contributed by atoms with van der Waals surface area (Å²) in [7, 11) is 3.76. The van der Waals surface area contributed by atoms with Crippen LogP contribution in [-0.4, -0.2) is 38.8 Å². The number of piperidine rings is 1. The normalized spacial score (nSPS) is 16.9. The molecule has 1 fully saturated rings. The van der Waals surface area contributed by atoms with Crippen LogP contribution >= 0.6 is 0 Å². The van der Waals surface area contributed by atoms with Crippen molar-refractivity contribution < 1.29 is 9.47 Å². The fourth-order valence-corrected chi connectivity index (χ4v) is 2.30. The lowest BCUT2D eigenvalue weighted by Gasteiger charge is -2.28. The molecule has 19 heavy (non-hydrogen) atoms. The van der Waals surface area contributed by atoms with Gasteiger partial charge in [0.15, 0.2) is 11.5 Å². The molecule has 1 aromatic rings. The first kappa shape index (κ1) is 13.7. The van der Waals surface area contributed by atoms with Gasteiger partial charge in [-0.1, -0.05) is 0 Å². The Morgan fingerprint density at radius 3 is 2.68 bits per heavy atom. The van der Waals surface area contributed by atoms with Crippen LogP contribution < -0.4 is 9.47 Å². The minimum absolute atomic E-state index is 0.589. The van der Waals surface area contributed by atoms with Gasteiger partial charge in [-0.15, -0.1) is 0 Å². The zero-order valence-corrected chi connectivity index (χ0v) is 11.6. The fraction of sp³-hybridized carbons (Fsp3) is 0.533. The Labute approximate surface area is 114 Å². The van der Waals surface area contributed by atoms with Crippen molar-refractivity contribution in [1.82, 2.24) is 4.90 Å². The van der Waals surface area contributed by atoms with Crippen LogP contribution in [0.25, 0.3) is 0 Å². The van der Waals surface area contributed by atoms with Gasteiger partial charge in [0.25, 0.3) is 0 Å². The molecule has 0 aliphatic carbocycles. The third-order valence-electron chi connectivity index (χ3n) is 3.61. The van der Waals surface area contributed by atoms with Crippen molar-refractivity contribution >= 4 is 0 Å². The summed E-state index contributed by atoms with van der Waals surface area (Å²) in [6, 6.07) is 7.38. The molecular formula is C15H20N2O2. The highest BCUT2D eigenvalue weighted by Crippen LogP contribution is 2.29. The SMILES string of the molecule is COc1ccc(C#N)cc1OCC1CCN(C)CC1. The van der Waals surface area contributed by atoms with Crippen molar-refractivity contribution in [3.8, 4) is 17.6 Å². The Morgan fingerprint density at radius 1 is 1.32 bits per heavy atom. The van der Waals surface area contributed by atoms with Crippen LogP contribution in [0.2, 0.25) is 0 Å². The molecule has 1 heterocycles. The largest absolute Gasteiger partial charge is 0.493 e. The van der Waals surface area contributed by atoms with Gasteiger partial charge in [0.2, 0.25) is 0 Å². The van der Waals surface area contributed by atoms with E-state index in [1.165, 1.54) is 0 Å². The Bertz CT molecular complexity index is 460. The number of methoxy groups -OCH3 is 1. The average Bonchev–Trinajstić information content (AvgIpc) is 2.46. The monoisotopic (exact) mass is 260 g/mol. The molecule has 0 unspecified atom stereocenters. The molecule has 4 nitrogen and oxygen atoms in total. The first-order valence-corrected chi connectivity index (χ1v) is 6.62. The topological polar surface area (TPSA) is 45.5 Å². The highest BCUT2D eigenvalue weighted by molar-refractivity contribution is 5.46. The van der Waals surface area contributed by atoms with Crippen LogP contribution in [0, 0.1) is 17.2 Å². The van der Waals surface area contributed by atoms with Crippen molar-refractivity contribution in [2.75, 3.05) is 33.9 Å². The van der Waals surface area contributed by atoms with E-state index in [-0.39, 0.29) is 0 Å². The number of benzene rings is 1. The molecule has 0 saturated carbocycles. The van der Waals surface area contributed by atoms with Gasteiger partial charge in [-0.3, -0.25) is 0 Å². The third kappa shape index (κ3) is 3.62. The van der Waals surface area contributed by atoms with Crippen LogP contribution in [-0.2, 0) is 0 Å². The average molecular weight is 260 g/mol. The van der Waals surface area contributed by atoms with Gasteiger partial charge < -0.3 is 14.4 Å². The van der Waals surface area contributed by atoms with E-state index in [0.717, 1.165) is 25.9 Å². The van der Waals surface area contributed by atoms with Gasteiger partial charge in [-0.25, -0.2) is 0 Å². The van der Waals surface area contributed by atoms with E-state index >= 15 is 0 Å². The van der Waals surface area contributed by atoms with Gasteiger partial charge in [0.05, 0.1) is 25.3 Å². The highest BCUT2D eigenvalue weighted by atomic mass is 16.5. The van der Waals surface area contributed by atoms with E-state index in [1.807, 2.05) is 0 Å². The van der Waals surface area contributed by atoms with Gasteiger partial charge in [-0.2, -0.15) is 5.26 Å². The number of hydrogen-bond acceptors (Lipinski definition) is 4. The Morgan fingerprint density at radius 2 is 2.05 bits per heavy atom. The van der Waals surface area contributed by atoms with Gasteiger partial charge >= 0.3 is 0 Å². The molecule has 0 atom stereocenters. The van der Waals surface area contributed by atoms with Crippen LogP contribution in [0.3, 0.4) is 0 Å². The van der Waals surface area contributed by atoms with Crippen LogP contribution in [0.5, 0.6) is 11.5 Å². The molecule has 0 bridgehead atoms. The summed E-state index contributed by atoms with van der Waals surface area (Å²) < 4.78 is 11.1. The summed E-state index contributed by atoms with van der Waals surface area (Å²) in [5.74, 6) is 1.94. The molecule has 1 aromatic carbocycles. The molecule has 1 aliphatic rings. The summed E-state index contributed by atoms with van der Waals surface area (Å²) >= 11 is 0. The maximum atomic E-state index is 8.92. The number of ether oxygens (including phenoxy) is 2. The second kappa shape index (κ2) is 6.44. The molecule has 0 N–H and O–H groups in total. The standard InChI is InChI=1S/C15H20N2O2/c1-17-7-5-12(6-8-17)11-19-15-9-13(10-16)3-4-14(15)18-2/h3-4,9,12H,5-8,11H2,1-2H3. The van der Waals surface area contributed by atoms with E-state index in [9.17, 15) is 0 Å². The summed E-state index contributed by atoms with van der Waals surface area (Å²) in [5.41, 5.74) is 0.596. The second-order valence-corrected chi connectivity index (χ2v) is 5.04. The lowest BCUT2D eigenvalue weighted by molar-refractivity contribution is 0.157. The number of nitrogens with zero attached hydrogens (tertiary/aromatic N) is 2. The van der Waals surface area contributed by atoms with Crippen molar-refractivity contribution in [1.29, 1.82) is 5.26 Å². The molecule has 0 spiro atoms. The minimum Gasteiger partial charge on any atom is -0.493 e. The molecule has 0 amide bonds. The lowest BCUT2D eigenvalue weighted by atomic mass is 9.98. The second-order valence-electron chi connectivity index (χ2n) is 5.04. The molecule has 2 rings (SSSR count). The number of nitriles is 1. The van der Waals surface area contributed by atoms with E-state index in [4.69, 9.17) is 14.7 Å². The first-order valence-electron chi connectivity index (χ1n) is 6.62. The van der Waals surface area contributed by atoms with Crippen molar-refractivity contribution in [3.63, 3.8) is 0 Å². The van der Waals surface area contributed by atoms with Crippen LogP contribution in [0.1, 0.15) is 18.4 Å². The van der Waals surface area contributed by atoms with Crippen LogP contribution in [0.15, 0.2) is 18.2 Å². The first-order chi connectivity index (χ1) is 9.22. The van der Waals surface area contributed by atoms with Crippen LogP contribution in [0.4, 0.5) is 0 Å². The van der Waals surface area contributed by atoms with Gasteiger partial charge in [-0.05, 0) is 51.0 Å². The molecule has 102 valence electrons. The molecule has 1 saturated heterocycles. The van der Waals surface area contributed by atoms with Crippen molar-refractivity contribution in [2.45, 2.75) is 12.8 Å². The number of likely N-dealkylation sites (tertiary alicyclic amines) is 1. The molecule has 4 heteroatoms. The molecule has 0 aromatic heterocycles. The maximum absolute atomic E-state index is 8.92.